The van der Waals surface area contributed by atoms with Crippen LogP contribution in [-0.4, -0.2) is 39.1 Å². The fourth-order valence-corrected chi connectivity index (χ4v) is 6.19. The highest BCUT2D eigenvalue weighted by Crippen LogP contribution is 2.23. The van der Waals surface area contributed by atoms with Gasteiger partial charge in [0, 0.05) is 19.4 Å². The van der Waals surface area contributed by atoms with E-state index >= 15 is 0 Å². The summed E-state index contributed by atoms with van der Waals surface area (Å²) < 4.78 is 29.2. The van der Waals surface area contributed by atoms with Crippen LogP contribution in [0.4, 0.5) is 0 Å². The summed E-state index contributed by atoms with van der Waals surface area (Å²) in [4.78, 5) is 43.5. The molecular weight excluding hydrogens is 492 g/mol. The smallest absolute Gasteiger partial charge is 0.325 e. The Bertz CT molecular complexity index is 1710. The van der Waals surface area contributed by atoms with Crippen LogP contribution in [0.25, 0.3) is 11.2 Å². The van der Waals surface area contributed by atoms with Gasteiger partial charge in [-0.2, -0.15) is 0 Å². The molecule has 2 aromatic carbocycles. The van der Waals surface area contributed by atoms with Crippen LogP contribution in [0, 0.1) is 0 Å². The number of hydrogen-bond acceptors (Lipinski definition) is 6. The zero-order chi connectivity index (χ0) is 26.2. The highest BCUT2D eigenvalue weighted by Gasteiger charge is 2.20. The van der Waals surface area contributed by atoms with Crippen LogP contribution in [0.15, 0.2) is 63.3 Å². The largest absolute Gasteiger partial charge is 0.330 e. The van der Waals surface area contributed by atoms with Crippen molar-refractivity contribution < 1.29 is 13.2 Å². The fraction of sp³-hybridized carbons (Fsp3) is 0.333. The molecule has 1 aliphatic carbocycles. The Labute approximate surface area is 213 Å². The number of aromatic amines is 1. The van der Waals surface area contributed by atoms with E-state index in [1.165, 1.54) is 4.57 Å². The summed E-state index contributed by atoms with van der Waals surface area (Å²) in [6.45, 7) is 2.67. The lowest BCUT2D eigenvalue weighted by atomic mass is 10.0. The van der Waals surface area contributed by atoms with Gasteiger partial charge in [0.1, 0.15) is 5.78 Å². The number of nitrogens with zero attached hydrogens (tertiary/aromatic N) is 3. The van der Waals surface area contributed by atoms with E-state index < -0.39 is 21.1 Å². The van der Waals surface area contributed by atoms with Crippen LogP contribution < -0.4 is 11.2 Å². The maximum Gasteiger partial charge on any atom is 0.330 e. The molecule has 0 bridgehead atoms. The van der Waals surface area contributed by atoms with Gasteiger partial charge in [0.15, 0.2) is 21.0 Å². The number of imidazole rings is 1. The van der Waals surface area contributed by atoms with E-state index in [2.05, 4.69) is 9.97 Å². The summed E-state index contributed by atoms with van der Waals surface area (Å²) in [5.41, 5.74) is 3.26. The normalized spacial score (nSPS) is 14.0. The second-order valence-corrected chi connectivity index (χ2v) is 11.5. The van der Waals surface area contributed by atoms with Crippen LogP contribution in [0.5, 0.6) is 0 Å². The number of carbonyl (C=O) groups excluding carboxylic acids is 1. The van der Waals surface area contributed by atoms with E-state index in [0.29, 0.717) is 41.9 Å². The summed E-state index contributed by atoms with van der Waals surface area (Å²) in [5, 5.41) is 0. The number of nitrogens with one attached hydrogen (secondary N) is 1. The maximum absolute atomic E-state index is 13.0. The van der Waals surface area contributed by atoms with E-state index in [9.17, 15) is 22.8 Å². The Morgan fingerprint density at radius 3 is 2.49 bits per heavy atom. The van der Waals surface area contributed by atoms with Gasteiger partial charge in [-0.05, 0) is 60.6 Å². The molecule has 10 heteroatoms. The average molecular weight is 521 g/mol. The summed E-state index contributed by atoms with van der Waals surface area (Å²) in [6.07, 6.45) is 4.27. The predicted octanol–water partition coefficient (Wildman–Crippen LogP) is 2.42. The van der Waals surface area contributed by atoms with E-state index in [4.69, 9.17) is 0 Å². The molecule has 1 N–H and O–H groups in total. The minimum Gasteiger partial charge on any atom is -0.325 e. The first-order chi connectivity index (χ1) is 17.7. The molecule has 2 heterocycles. The molecule has 0 atom stereocenters. The molecule has 37 heavy (non-hydrogen) atoms. The molecule has 0 amide bonds. The van der Waals surface area contributed by atoms with Crippen LogP contribution >= 0.6 is 0 Å². The number of carbonyl (C=O) groups is 1. The lowest BCUT2D eigenvalue weighted by molar-refractivity contribution is -0.118. The fourth-order valence-electron chi connectivity index (χ4n) is 4.85. The lowest BCUT2D eigenvalue weighted by Crippen LogP contribution is -2.31. The van der Waals surface area contributed by atoms with Crippen LogP contribution in [-0.2, 0) is 47.0 Å². The number of aromatic nitrogens is 4. The third kappa shape index (κ3) is 5.06. The van der Waals surface area contributed by atoms with Gasteiger partial charge in [-0.1, -0.05) is 30.3 Å². The van der Waals surface area contributed by atoms with Crippen molar-refractivity contribution in [2.45, 2.75) is 57.0 Å². The number of fused-ring (bicyclic) bond motifs is 2. The van der Waals surface area contributed by atoms with Crippen LogP contribution in [0.2, 0.25) is 0 Å². The van der Waals surface area contributed by atoms with Gasteiger partial charge >= 0.3 is 5.69 Å². The Morgan fingerprint density at radius 2 is 1.73 bits per heavy atom. The first kappa shape index (κ1) is 24.9. The SMILES string of the molecule is CCn1cnc2c1c(=O)[nH]c(=O)n2Cc1ccc(CCS(=O)(=O)c2ccc3c(c2)CCCC(=O)C3)cc1. The summed E-state index contributed by atoms with van der Waals surface area (Å²) >= 11 is 0. The second-order valence-electron chi connectivity index (χ2n) is 9.43. The van der Waals surface area contributed by atoms with Crippen molar-refractivity contribution in [3.05, 3.63) is 91.9 Å². The predicted molar refractivity (Wildman–Crippen MR) is 140 cm³/mol. The quantitative estimate of drug-likeness (QED) is 0.373. The Kier molecular flexibility index (Phi) is 6.68. The van der Waals surface area contributed by atoms with Gasteiger partial charge in [0.25, 0.3) is 5.56 Å². The second kappa shape index (κ2) is 9.93. The zero-order valence-electron chi connectivity index (χ0n) is 20.6. The molecule has 0 unspecified atom stereocenters. The standard InChI is InChI=1S/C27H28N4O5S/c1-2-30-17-28-25-24(30)26(33)29-27(34)31(25)16-19-8-6-18(7-9-19)12-13-37(35,36)23-11-10-21-14-22(32)5-3-4-20(21)15-23/h6-11,15,17H,2-5,12-14,16H2,1H3,(H,29,33,34). The molecule has 0 aliphatic heterocycles. The minimum atomic E-state index is -3.49. The average Bonchev–Trinajstić information content (AvgIpc) is 3.22. The van der Waals surface area contributed by atoms with E-state index in [1.807, 2.05) is 31.2 Å². The molecule has 9 nitrogen and oxygen atoms in total. The third-order valence-corrected chi connectivity index (χ3v) is 8.66. The Hall–Kier alpha value is -3.79. The van der Waals surface area contributed by atoms with E-state index in [-0.39, 0.29) is 18.1 Å². The number of sulfone groups is 1. The third-order valence-electron chi connectivity index (χ3n) is 6.94. The van der Waals surface area contributed by atoms with E-state index in [0.717, 1.165) is 35.1 Å². The maximum atomic E-state index is 13.0. The highest BCUT2D eigenvalue weighted by atomic mass is 32.2. The van der Waals surface area contributed by atoms with Gasteiger partial charge in [-0.25, -0.2) is 18.2 Å². The molecule has 1 aliphatic rings. The molecule has 192 valence electrons. The monoisotopic (exact) mass is 520 g/mol. The van der Waals surface area contributed by atoms with Crippen LogP contribution in [0.3, 0.4) is 0 Å². The molecule has 4 aromatic rings. The first-order valence-electron chi connectivity index (χ1n) is 12.4. The number of Topliss-reactive ketones (excluding diaryl/α,β-unsaturated/α-hetero) is 1. The van der Waals surface area contributed by atoms with Gasteiger partial charge in [-0.3, -0.25) is 19.1 Å². The Morgan fingerprint density at radius 1 is 0.973 bits per heavy atom. The van der Waals surface area contributed by atoms with Crippen molar-refractivity contribution in [1.29, 1.82) is 0 Å². The van der Waals surface area contributed by atoms with E-state index in [1.54, 1.807) is 29.1 Å². The van der Waals surface area contributed by atoms with Crippen molar-refractivity contribution in [2.24, 2.45) is 0 Å². The molecule has 2 aromatic heterocycles. The zero-order valence-corrected chi connectivity index (χ0v) is 21.4. The lowest BCUT2D eigenvalue weighted by Gasteiger charge is -2.10. The summed E-state index contributed by atoms with van der Waals surface area (Å²) in [7, 11) is -3.49. The van der Waals surface area contributed by atoms with Crippen molar-refractivity contribution in [3.63, 3.8) is 0 Å². The molecular formula is C27H28N4O5S. The van der Waals surface area contributed by atoms with Gasteiger partial charge in [-0.15, -0.1) is 0 Å². The molecule has 5 rings (SSSR count). The number of hydrogen-bond donors (Lipinski definition) is 1. The molecule has 0 radical (unpaired) electrons. The molecule has 0 spiro atoms. The summed E-state index contributed by atoms with van der Waals surface area (Å²) in [6, 6.07) is 12.5. The van der Waals surface area contributed by atoms with Crippen LogP contribution in [0.1, 0.15) is 42.0 Å². The summed E-state index contributed by atoms with van der Waals surface area (Å²) in [5.74, 6) is 0.168. The molecule has 0 fully saturated rings. The van der Waals surface area contributed by atoms with Crippen molar-refractivity contribution in [2.75, 3.05) is 5.75 Å². The minimum absolute atomic E-state index is 0.0292. The number of rotatable bonds is 7. The number of aryl methyl sites for hydroxylation is 3. The molecule has 0 saturated carbocycles. The van der Waals surface area contributed by atoms with Crippen molar-refractivity contribution >= 4 is 26.8 Å². The topological polar surface area (TPSA) is 124 Å². The van der Waals surface area contributed by atoms with Gasteiger partial charge < -0.3 is 4.57 Å². The number of benzene rings is 2. The van der Waals surface area contributed by atoms with Gasteiger partial charge in [0.2, 0.25) is 0 Å². The molecule has 0 saturated heterocycles. The van der Waals surface area contributed by atoms with Crippen molar-refractivity contribution in [3.8, 4) is 0 Å². The van der Waals surface area contributed by atoms with Crippen molar-refractivity contribution in [1.82, 2.24) is 19.1 Å². The number of ketones is 1. The Balaban J connectivity index is 1.30. The first-order valence-corrected chi connectivity index (χ1v) is 14.0. The number of H-pyrrole nitrogens is 1. The van der Waals surface area contributed by atoms with Gasteiger partial charge in [0.05, 0.1) is 23.5 Å². The highest BCUT2D eigenvalue weighted by molar-refractivity contribution is 7.91.